The number of amides is 1. The molecule has 26 heavy (non-hydrogen) atoms. The predicted octanol–water partition coefficient (Wildman–Crippen LogP) is 1.11. The number of carbonyl (C=O) groups is 2. The van der Waals surface area contributed by atoms with Crippen LogP contribution in [0, 0.1) is 0 Å². The Morgan fingerprint density at radius 3 is 2.69 bits per heavy atom. The number of ether oxygens (including phenoxy) is 2. The van der Waals surface area contributed by atoms with Crippen LogP contribution in [0.2, 0.25) is 5.02 Å². The lowest BCUT2D eigenvalue weighted by atomic mass is 10.2. The van der Waals surface area contributed by atoms with Gasteiger partial charge in [-0.05, 0) is 25.1 Å². The lowest BCUT2D eigenvalue weighted by Crippen LogP contribution is -2.36. The van der Waals surface area contributed by atoms with Gasteiger partial charge in [-0.3, -0.25) is 4.79 Å². The Bertz CT molecular complexity index is 766. The number of hydrogen-bond donors (Lipinski definition) is 2. The van der Waals surface area contributed by atoms with Gasteiger partial charge in [0.2, 0.25) is 10.0 Å². The smallest absolute Gasteiger partial charge is 0.340 e. The molecule has 1 aromatic rings. The molecule has 2 N–H and O–H groups in total. The van der Waals surface area contributed by atoms with Crippen LogP contribution in [-0.2, 0) is 24.3 Å². The maximum atomic E-state index is 12.3. The highest BCUT2D eigenvalue weighted by molar-refractivity contribution is 7.89. The summed E-state index contributed by atoms with van der Waals surface area (Å²) in [5, 5.41) is 2.49. The minimum absolute atomic E-state index is 0.00420. The standard InChI is InChI=1S/C16H21ClN2O6S/c1-4-7-18-15(20)11(2)25-16(21)13-10-12(5-6-14(13)17)26(22,23)19-8-9-24-3/h4-6,10-11,19H,1,7-9H2,2-3H3,(H,18,20)/t11-/m0/s1. The lowest BCUT2D eigenvalue weighted by Gasteiger charge is -2.14. The van der Waals surface area contributed by atoms with Crippen LogP contribution in [0.1, 0.15) is 17.3 Å². The molecule has 0 heterocycles. The first-order valence-electron chi connectivity index (χ1n) is 7.60. The van der Waals surface area contributed by atoms with Gasteiger partial charge in [-0.2, -0.15) is 0 Å². The van der Waals surface area contributed by atoms with Crippen LogP contribution in [0.4, 0.5) is 0 Å². The van der Waals surface area contributed by atoms with Crippen LogP contribution in [0.3, 0.4) is 0 Å². The number of halogens is 1. The fourth-order valence-electron chi connectivity index (χ4n) is 1.78. The van der Waals surface area contributed by atoms with Gasteiger partial charge in [0, 0.05) is 20.2 Å². The summed E-state index contributed by atoms with van der Waals surface area (Å²) < 4.78 is 36.6. The van der Waals surface area contributed by atoms with Crippen LogP contribution in [0.15, 0.2) is 35.7 Å². The number of sulfonamides is 1. The van der Waals surface area contributed by atoms with Crippen molar-refractivity contribution in [2.75, 3.05) is 26.8 Å². The SMILES string of the molecule is C=CCNC(=O)[C@H](C)OC(=O)c1cc(S(=O)(=O)NCCOC)ccc1Cl. The highest BCUT2D eigenvalue weighted by Gasteiger charge is 2.23. The molecular weight excluding hydrogens is 384 g/mol. The van der Waals surface area contributed by atoms with Crippen molar-refractivity contribution < 1.29 is 27.5 Å². The molecule has 0 aliphatic heterocycles. The normalized spacial score (nSPS) is 12.3. The Labute approximate surface area is 157 Å². The van der Waals surface area contributed by atoms with Gasteiger partial charge in [0.25, 0.3) is 5.91 Å². The molecule has 144 valence electrons. The zero-order valence-electron chi connectivity index (χ0n) is 14.5. The van der Waals surface area contributed by atoms with Crippen molar-refractivity contribution in [1.82, 2.24) is 10.0 Å². The summed E-state index contributed by atoms with van der Waals surface area (Å²) in [5.41, 5.74) is -0.162. The van der Waals surface area contributed by atoms with E-state index in [1.54, 1.807) is 0 Å². The monoisotopic (exact) mass is 404 g/mol. The number of methoxy groups -OCH3 is 1. The van der Waals surface area contributed by atoms with Gasteiger partial charge in [-0.1, -0.05) is 17.7 Å². The second kappa shape index (κ2) is 10.3. The van der Waals surface area contributed by atoms with Gasteiger partial charge in [-0.15, -0.1) is 6.58 Å². The van der Waals surface area contributed by atoms with Crippen molar-refractivity contribution in [3.05, 3.63) is 41.4 Å². The zero-order valence-corrected chi connectivity index (χ0v) is 16.0. The molecule has 0 bridgehead atoms. The molecule has 0 unspecified atom stereocenters. The van der Waals surface area contributed by atoms with E-state index in [2.05, 4.69) is 16.6 Å². The summed E-state index contributed by atoms with van der Waals surface area (Å²) in [7, 11) is -2.41. The molecule has 1 aromatic carbocycles. The maximum absolute atomic E-state index is 12.3. The second-order valence-corrected chi connectivity index (χ2v) is 7.29. The first-order chi connectivity index (χ1) is 12.2. The van der Waals surface area contributed by atoms with Crippen molar-refractivity contribution >= 4 is 33.5 Å². The van der Waals surface area contributed by atoms with E-state index in [0.29, 0.717) is 0 Å². The van der Waals surface area contributed by atoms with Crippen LogP contribution < -0.4 is 10.0 Å². The average molecular weight is 405 g/mol. The van der Waals surface area contributed by atoms with E-state index < -0.39 is 28.0 Å². The van der Waals surface area contributed by atoms with E-state index in [0.717, 1.165) is 6.07 Å². The first kappa shape index (κ1) is 22.1. The quantitative estimate of drug-likeness (QED) is 0.343. The lowest BCUT2D eigenvalue weighted by molar-refractivity contribution is -0.128. The highest BCUT2D eigenvalue weighted by Crippen LogP contribution is 2.22. The molecule has 0 saturated heterocycles. The van der Waals surface area contributed by atoms with Crippen molar-refractivity contribution in [3.63, 3.8) is 0 Å². The molecule has 0 aliphatic carbocycles. The van der Waals surface area contributed by atoms with Crippen LogP contribution >= 0.6 is 11.6 Å². The second-order valence-electron chi connectivity index (χ2n) is 5.11. The summed E-state index contributed by atoms with van der Waals surface area (Å²) in [6.45, 7) is 5.34. The fraction of sp³-hybridized carbons (Fsp3) is 0.375. The number of benzene rings is 1. The van der Waals surface area contributed by atoms with Crippen molar-refractivity contribution in [2.45, 2.75) is 17.9 Å². The van der Waals surface area contributed by atoms with Crippen molar-refractivity contribution in [3.8, 4) is 0 Å². The molecule has 0 aliphatic rings. The molecule has 10 heteroatoms. The third-order valence-electron chi connectivity index (χ3n) is 3.14. The maximum Gasteiger partial charge on any atom is 0.340 e. The summed E-state index contributed by atoms with van der Waals surface area (Å²) >= 11 is 5.96. The van der Waals surface area contributed by atoms with Gasteiger partial charge < -0.3 is 14.8 Å². The number of hydrogen-bond acceptors (Lipinski definition) is 6. The van der Waals surface area contributed by atoms with Gasteiger partial charge in [0.05, 0.1) is 22.1 Å². The number of carbonyl (C=O) groups excluding carboxylic acids is 2. The van der Waals surface area contributed by atoms with Gasteiger partial charge >= 0.3 is 5.97 Å². The van der Waals surface area contributed by atoms with Crippen LogP contribution in [0.25, 0.3) is 0 Å². The third kappa shape index (κ3) is 6.41. The highest BCUT2D eigenvalue weighted by atomic mass is 35.5. The Hall–Kier alpha value is -1.94. The topological polar surface area (TPSA) is 111 Å². The largest absolute Gasteiger partial charge is 0.449 e. The van der Waals surface area contributed by atoms with E-state index >= 15 is 0 Å². The molecule has 0 aromatic heterocycles. The molecular formula is C16H21ClN2O6S. The van der Waals surface area contributed by atoms with Crippen LogP contribution in [0.5, 0.6) is 0 Å². The van der Waals surface area contributed by atoms with Gasteiger partial charge in [0.15, 0.2) is 6.10 Å². The predicted molar refractivity (Wildman–Crippen MR) is 96.6 cm³/mol. The molecule has 1 amide bonds. The van der Waals surface area contributed by atoms with Gasteiger partial charge in [0.1, 0.15) is 0 Å². The molecule has 1 rings (SSSR count). The fourth-order valence-corrected chi connectivity index (χ4v) is 3.02. The molecule has 0 spiro atoms. The molecule has 0 saturated carbocycles. The summed E-state index contributed by atoms with van der Waals surface area (Å²) in [5.74, 6) is -1.43. The number of nitrogens with one attached hydrogen (secondary N) is 2. The zero-order chi connectivity index (χ0) is 19.7. The average Bonchev–Trinajstić information content (AvgIpc) is 2.59. The minimum Gasteiger partial charge on any atom is -0.449 e. The minimum atomic E-state index is -3.85. The van der Waals surface area contributed by atoms with Crippen molar-refractivity contribution in [1.29, 1.82) is 0 Å². The molecule has 0 radical (unpaired) electrons. The molecule has 1 atom stereocenters. The summed E-state index contributed by atoms with van der Waals surface area (Å²) in [6.07, 6.45) is 0.396. The molecule has 8 nitrogen and oxygen atoms in total. The third-order valence-corrected chi connectivity index (χ3v) is 4.93. The number of esters is 1. The van der Waals surface area contributed by atoms with Crippen molar-refractivity contribution in [2.24, 2.45) is 0 Å². The van der Waals surface area contributed by atoms with E-state index in [1.165, 1.54) is 32.2 Å². The Morgan fingerprint density at radius 2 is 2.08 bits per heavy atom. The Balaban J connectivity index is 2.94. The van der Waals surface area contributed by atoms with Gasteiger partial charge in [-0.25, -0.2) is 17.9 Å². The first-order valence-corrected chi connectivity index (χ1v) is 9.46. The van der Waals surface area contributed by atoms with E-state index in [-0.39, 0.29) is 35.2 Å². The summed E-state index contributed by atoms with van der Waals surface area (Å²) in [4.78, 5) is 23.8. The van der Waals surface area contributed by atoms with E-state index in [9.17, 15) is 18.0 Å². The van der Waals surface area contributed by atoms with Crippen LogP contribution in [-0.4, -0.2) is 53.2 Å². The Kier molecular flexibility index (Phi) is 8.73. The van der Waals surface area contributed by atoms with E-state index in [1.807, 2.05) is 0 Å². The molecule has 0 fully saturated rings. The van der Waals surface area contributed by atoms with E-state index in [4.69, 9.17) is 21.1 Å². The number of rotatable bonds is 10. The Morgan fingerprint density at radius 1 is 1.38 bits per heavy atom. The summed E-state index contributed by atoms with van der Waals surface area (Å²) in [6, 6.07) is 3.62.